The molecule has 0 amide bonds. The second-order valence-corrected chi connectivity index (χ2v) is 6.10. The van der Waals surface area contributed by atoms with Crippen molar-refractivity contribution in [1.29, 1.82) is 0 Å². The lowest BCUT2D eigenvalue weighted by atomic mass is 9.96. The Kier molecular flexibility index (Phi) is 4.14. The van der Waals surface area contributed by atoms with Gasteiger partial charge in [-0.25, -0.2) is 0 Å². The molecule has 16 heavy (non-hydrogen) atoms. The molecule has 0 aliphatic carbocycles. The first-order valence-electron chi connectivity index (χ1n) is 6.25. The number of hydrogen-bond donors (Lipinski definition) is 1. The molecular formula is C12H22N2OS. The van der Waals surface area contributed by atoms with E-state index >= 15 is 0 Å². The number of hydrogen-bond acceptors (Lipinski definition) is 3. The predicted octanol–water partition coefficient (Wildman–Crippen LogP) is 2.27. The second-order valence-electron chi connectivity index (χ2n) is 5.01. The Bertz CT molecular complexity index is 264. The van der Waals surface area contributed by atoms with Gasteiger partial charge in [0, 0.05) is 30.4 Å². The van der Waals surface area contributed by atoms with Gasteiger partial charge in [-0.3, -0.25) is 4.99 Å². The molecule has 92 valence electrons. The minimum absolute atomic E-state index is 0.260. The van der Waals surface area contributed by atoms with Crippen molar-refractivity contribution in [3.63, 3.8) is 0 Å². The van der Waals surface area contributed by atoms with Crippen molar-refractivity contribution >= 4 is 16.9 Å². The van der Waals surface area contributed by atoms with Crippen LogP contribution in [0.3, 0.4) is 0 Å². The fourth-order valence-corrected chi connectivity index (χ4v) is 3.25. The number of rotatable bonds is 3. The summed E-state index contributed by atoms with van der Waals surface area (Å²) in [6.45, 7) is 7.27. The quantitative estimate of drug-likeness (QED) is 0.824. The van der Waals surface area contributed by atoms with Gasteiger partial charge in [-0.1, -0.05) is 18.7 Å². The number of ether oxygens (including phenoxy) is 1. The van der Waals surface area contributed by atoms with Gasteiger partial charge in [-0.05, 0) is 26.2 Å². The molecule has 2 aliphatic heterocycles. The summed E-state index contributed by atoms with van der Waals surface area (Å²) in [5, 5.41) is 4.72. The van der Waals surface area contributed by atoms with Gasteiger partial charge in [0.1, 0.15) is 0 Å². The molecule has 0 saturated carbocycles. The van der Waals surface area contributed by atoms with Crippen LogP contribution in [0.5, 0.6) is 0 Å². The molecule has 0 radical (unpaired) electrons. The molecule has 0 spiro atoms. The Labute approximate surface area is 102 Å². The van der Waals surface area contributed by atoms with Gasteiger partial charge in [0.15, 0.2) is 5.17 Å². The van der Waals surface area contributed by atoms with Gasteiger partial charge in [0.2, 0.25) is 0 Å². The Morgan fingerprint density at radius 2 is 2.50 bits per heavy atom. The summed E-state index contributed by atoms with van der Waals surface area (Å²) in [5.74, 6) is 1.84. The molecule has 2 heterocycles. The summed E-state index contributed by atoms with van der Waals surface area (Å²) in [7, 11) is 0. The SMILES string of the molecule is CCC1(C)CCSC(=NCC2CCOC2)N1. The first-order chi connectivity index (χ1) is 7.72. The number of aliphatic imine (C=N–C) groups is 1. The smallest absolute Gasteiger partial charge is 0.156 e. The summed E-state index contributed by atoms with van der Waals surface area (Å²) < 4.78 is 5.36. The Morgan fingerprint density at radius 1 is 1.62 bits per heavy atom. The van der Waals surface area contributed by atoms with Crippen LogP contribution in [0, 0.1) is 5.92 Å². The van der Waals surface area contributed by atoms with Gasteiger partial charge in [0.05, 0.1) is 6.61 Å². The topological polar surface area (TPSA) is 33.6 Å². The highest BCUT2D eigenvalue weighted by molar-refractivity contribution is 8.13. The summed E-state index contributed by atoms with van der Waals surface area (Å²) in [5.41, 5.74) is 0.260. The molecule has 2 saturated heterocycles. The highest BCUT2D eigenvalue weighted by Gasteiger charge is 2.27. The van der Waals surface area contributed by atoms with Gasteiger partial charge in [-0.15, -0.1) is 0 Å². The predicted molar refractivity (Wildman–Crippen MR) is 70.1 cm³/mol. The molecule has 4 heteroatoms. The highest BCUT2D eigenvalue weighted by Crippen LogP contribution is 2.25. The van der Waals surface area contributed by atoms with Crippen LogP contribution in [0.4, 0.5) is 0 Å². The molecule has 2 atom stereocenters. The maximum absolute atomic E-state index is 5.36. The van der Waals surface area contributed by atoms with Crippen molar-refractivity contribution in [2.45, 2.75) is 38.6 Å². The van der Waals surface area contributed by atoms with E-state index in [9.17, 15) is 0 Å². The van der Waals surface area contributed by atoms with E-state index in [2.05, 4.69) is 19.2 Å². The Morgan fingerprint density at radius 3 is 3.19 bits per heavy atom. The van der Waals surface area contributed by atoms with Gasteiger partial charge in [-0.2, -0.15) is 0 Å². The molecule has 0 aromatic carbocycles. The zero-order chi connectivity index (χ0) is 11.4. The molecule has 1 N–H and O–H groups in total. The first-order valence-corrected chi connectivity index (χ1v) is 7.23. The lowest BCUT2D eigenvalue weighted by Crippen LogP contribution is -2.48. The molecule has 2 unspecified atom stereocenters. The van der Waals surface area contributed by atoms with Gasteiger partial charge < -0.3 is 10.1 Å². The van der Waals surface area contributed by atoms with Crippen LogP contribution in [-0.4, -0.2) is 36.2 Å². The molecule has 0 aromatic heterocycles. The fourth-order valence-electron chi connectivity index (χ4n) is 2.02. The number of thioether (sulfide) groups is 1. The van der Waals surface area contributed by atoms with Crippen molar-refractivity contribution in [3.8, 4) is 0 Å². The average molecular weight is 242 g/mol. The number of nitrogens with zero attached hydrogens (tertiary/aromatic N) is 1. The summed E-state index contributed by atoms with van der Waals surface area (Å²) in [6.07, 6.45) is 3.57. The zero-order valence-corrected chi connectivity index (χ0v) is 11.1. The van der Waals surface area contributed by atoms with E-state index < -0.39 is 0 Å². The van der Waals surface area contributed by atoms with Crippen LogP contribution in [0.25, 0.3) is 0 Å². The van der Waals surface area contributed by atoms with Crippen molar-refractivity contribution < 1.29 is 4.74 Å². The molecule has 2 fully saturated rings. The zero-order valence-electron chi connectivity index (χ0n) is 10.3. The highest BCUT2D eigenvalue weighted by atomic mass is 32.2. The standard InChI is InChI=1S/C12H22N2OS/c1-3-12(2)5-7-16-11(14-12)13-8-10-4-6-15-9-10/h10H,3-9H2,1-2H3,(H,13,14). The van der Waals surface area contributed by atoms with Crippen molar-refractivity contribution in [2.24, 2.45) is 10.9 Å². The van der Waals surface area contributed by atoms with Gasteiger partial charge >= 0.3 is 0 Å². The third-order valence-electron chi connectivity index (χ3n) is 3.60. The molecule has 2 rings (SSSR count). The van der Waals surface area contributed by atoms with Crippen LogP contribution >= 0.6 is 11.8 Å². The minimum Gasteiger partial charge on any atom is -0.381 e. The van der Waals surface area contributed by atoms with E-state index in [4.69, 9.17) is 9.73 Å². The van der Waals surface area contributed by atoms with E-state index in [1.54, 1.807) is 0 Å². The minimum atomic E-state index is 0.260. The van der Waals surface area contributed by atoms with Crippen LogP contribution in [-0.2, 0) is 4.74 Å². The Balaban J connectivity index is 1.85. The average Bonchev–Trinajstić information content (AvgIpc) is 2.80. The van der Waals surface area contributed by atoms with E-state index in [1.165, 1.54) is 25.0 Å². The Hall–Kier alpha value is -0.220. The fraction of sp³-hybridized carbons (Fsp3) is 0.917. The molecule has 0 bridgehead atoms. The monoisotopic (exact) mass is 242 g/mol. The number of nitrogens with one attached hydrogen (secondary N) is 1. The van der Waals surface area contributed by atoms with Crippen molar-refractivity contribution in [2.75, 3.05) is 25.5 Å². The third-order valence-corrected chi connectivity index (χ3v) is 4.51. The maximum Gasteiger partial charge on any atom is 0.156 e. The molecule has 3 nitrogen and oxygen atoms in total. The van der Waals surface area contributed by atoms with Gasteiger partial charge in [0.25, 0.3) is 0 Å². The van der Waals surface area contributed by atoms with Crippen LogP contribution in [0.1, 0.15) is 33.1 Å². The van der Waals surface area contributed by atoms with Crippen LogP contribution in [0.15, 0.2) is 4.99 Å². The van der Waals surface area contributed by atoms with E-state index in [1.807, 2.05) is 11.8 Å². The lowest BCUT2D eigenvalue weighted by molar-refractivity contribution is 0.187. The third kappa shape index (κ3) is 3.14. The molecular weight excluding hydrogens is 220 g/mol. The van der Waals surface area contributed by atoms with E-state index in [-0.39, 0.29) is 5.54 Å². The largest absolute Gasteiger partial charge is 0.381 e. The maximum atomic E-state index is 5.36. The van der Waals surface area contributed by atoms with E-state index in [0.717, 1.165) is 24.9 Å². The first kappa shape index (κ1) is 12.2. The summed E-state index contributed by atoms with van der Waals surface area (Å²) in [6, 6.07) is 0. The van der Waals surface area contributed by atoms with Crippen LogP contribution in [0.2, 0.25) is 0 Å². The van der Waals surface area contributed by atoms with Crippen molar-refractivity contribution in [3.05, 3.63) is 0 Å². The number of amidine groups is 1. The normalized spacial score (nSPS) is 37.6. The molecule has 0 aromatic rings. The van der Waals surface area contributed by atoms with Crippen molar-refractivity contribution in [1.82, 2.24) is 5.32 Å². The lowest BCUT2D eigenvalue weighted by Gasteiger charge is -2.35. The summed E-state index contributed by atoms with van der Waals surface area (Å²) in [4.78, 5) is 4.70. The summed E-state index contributed by atoms with van der Waals surface area (Å²) >= 11 is 1.86. The molecule has 2 aliphatic rings. The second kappa shape index (κ2) is 5.41. The van der Waals surface area contributed by atoms with Crippen LogP contribution < -0.4 is 5.32 Å². The van der Waals surface area contributed by atoms with E-state index in [0.29, 0.717) is 5.92 Å².